The van der Waals surface area contributed by atoms with Gasteiger partial charge < -0.3 is 10.2 Å². The highest BCUT2D eigenvalue weighted by molar-refractivity contribution is 5.38. The summed E-state index contributed by atoms with van der Waals surface area (Å²) in [5.41, 5.74) is 3.88. The van der Waals surface area contributed by atoms with E-state index in [1.807, 2.05) is 0 Å². The lowest BCUT2D eigenvalue weighted by Crippen LogP contribution is -2.36. The molecule has 3 aliphatic carbocycles. The van der Waals surface area contributed by atoms with Crippen LogP contribution in [0.3, 0.4) is 0 Å². The van der Waals surface area contributed by atoms with Crippen molar-refractivity contribution in [2.75, 3.05) is 0 Å². The fraction of sp³-hybridized carbons (Fsp3) is 0.778. The van der Waals surface area contributed by atoms with E-state index in [0.29, 0.717) is 24.2 Å². The standard InChI is InChI=1S/C27H44O2/c1-18(2)8-6-9-19(3)24-13-14-25-21(10-7-15-27(24,25)5)11-12-22-16-23(28)17-26(29)20(22)4/h11-12,18-19,23-26,28-29H,4,6-10,13-17H2,1-3,5H3/t19-,23+,24-,25?,26-,27-/m1/s1. The van der Waals surface area contributed by atoms with Gasteiger partial charge in [0.15, 0.2) is 0 Å². The van der Waals surface area contributed by atoms with Gasteiger partial charge in [-0.1, -0.05) is 71.3 Å². The van der Waals surface area contributed by atoms with Crippen LogP contribution in [-0.4, -0.2) is 22.4 Å². The Balaban J connectivity index is 1.71. The Morgan fingerprint density at radius 3 is 2.62 bits per heavy atom. The average molecular weight is 401 g/mol. The lowest BCUT2D eigenvalue weighted by atomic mass is 9.60. The molecule has 0 aromatic carbocycles. The van der Waals surface area contributed by atoms with Crippen molar-refractivity contribution in [3.63, 3.8) is 0 Å². The molecule has 0 radical (unpaired) electrons. The zero-order valence-corrected chi connectivity index (χ0v) is 19.3. The third-order valence-electron chi connectivity index (χ3n) is 8.43. The summed E-state index contributed by atoms with van der Waals surface area (Å²) in [6.45, 7) is 13.8. The Labute approximate surface area is 179 Å². The van der Waals surface area contributed by atoms with Crippen LogP contribution < -0.4 is 0 Å². The van der Waals surface area contributed by atoms with E-state index in [4.69, 9.17) is 0 Å². The summed E-state index contributed by atoms with van der Waals surface area (Å²) >= 11 is 0. The second-order valence-electron chi connectivity index (χ2n) is 11.0. The van der Waals surface area contributed by atoms with Gasteiger partial charge >= 0.3 is 0 Å². The van der Waals surface area contributed by atoms with E-state index in [2.05, 4.69) is 46.4 Å². The number of fused-ring (bicyclic) bond motifs is 1. The van der Waals surface area contributed by atoms with Crippen molar-refractivity contribution in [1.82, 2.24) is 0 Å². The largest absolute Gasteiger partial charge is 0.393 e. The Morgan fingerprint density at radius 2 is 1.90 bits per heavy atom. The number of aliphatic hydroxyl groups is 2. The molecule has 2 heteroatoms. The van der Waals surface area contributed by atoms with Crippen molar-refractivity contribution >= 4 is 0 Å². The predicted molar refractivity (Wildman–Crippen MR) is 123 cm³/mol. The summed E-state index contributed by atoms with van der Waals surface area (Å²) < 4.78 is 0. The van der Waals surface area contributed by atoms with E-state index in [1.54, 1.807) is 5.57 Å². The first-order valence-corrected chi connectivity index (χ1v) is 12.2. The molecule has 2 nitrogen and oxygen atoms in total. The molecule has 0 aliphatic heterocycles. The first-order chi connectivity index (χ1) is 13.7. The summed E-state index contributed by atoms with van der Waals surface area (Å²) in [6, 6.07) is 0. The van der Waals surface area contributed by atoms with Gasteiger partial charge in [-0.2, -0.15) is 0 Å². The Bertz CT molecular complexity index is 643. The molecule has 3 rings (SSSR count). The van der Waals surface area contributed by atoms with Crippen LogP contribution in [0.1, 0.15) is 91.9 Å². The van der Waals surface area contributed by atoms with E-state index in [1.165, 1.54) is 51.4 Å². The molecular weight excluding hydrogens is 356 g/mol. The van der Waals surface area contributed by atoms with Gasteiger partial charge in [0, 0.05) is 6.42 Å². The molecule has 3 fully saturated rings. The quantitative estimate of drug-likeness (QED) is 0.528. The number of aliphatic hydroxyl groups excluding tert-OH is 2. The zero-order chi connectivity index (χ0) is 21.2. The van der Waals surface area contributed by atoms with Crippen molar-refractivity contribution in [3.05, 3.63) is 35.5 Å². The van der Waals surface area contributed by atoms with Crippen LogP contribution in [0.2, 0.25) is 0 Å². The highest BCUT2D eigenvalue weighted by Gasteiger charge is 2.50. The maximum atomic E-state index is 10.1. The summed E-state index contributed by atoms with van der Waals surface area (Å²) in [5, 5.41) is 20.2. The molecule has 0 bridgehead atoms. The molecule has 3 aliphatic rings. The van der Waals surface area contributed by atoms with Gasteiger partial charge in [0.25, 0.3) is 0 Å². The molecule has 0 heterocycles. The number of hydrogen-bond donors (Lipinski definition) is 2. The summed E-state index contributed by atoms with van der Waals surface area (Å²) in [5.74, 6) is 3.20. The first-order valence-electron chi connectivity index (χ1n) is 12.2. The van der Waals surface area contributed by atoms with Crippen LogP contribution >= 0.6 is 0 Å². The minimum absolute atomic E-state index is 0.420. The van der Waals surface area contributed by atoms with Gasteiger partial charge in [-0.05, 0) is 78.8 Å². The van der Waals surface area contributed by atoms with E-state index in [9.17, 15) is 10.2 Å². The molecule has 164 valence electrons. The van der Waals surface area contributed by atoms with Gasteiger partial charge in [0.2, 0.25) is 0 Å². The zero-order valence-electron chi connectivity index (χ0n) is 19.3. The monoisotopic (exact) mass is 400 g/mol. The number of allylic oxidation sites excluding steroid dienone is 3. The average Bonchev–Trinajstić information content (AvgIpc) is 3.00. The number of rotatable bonds is 6. The first kappa shape index (κ1) is 22.8. The molecule has 0 aromatic heterocycles. The van der Waals surface area contributed by atoms with Gasteiger partial charge in [-0.15, -0.1) is 0 Å². The van der Waals surface area contributed by atoms with Crippen molar-refractivity contribution < 1.29 is 10.2 Å². The molecule has 2 N–H and O–H groups in total. The second kappa shape index (κ2) is 9.52. The molecular formula is C27H44O2. The Hall–Kier alpha value is -0.860. The molecule has 0 amide bonds. The Morgan fingerprint density at radius 1 is 1.14 bits per heavy atom. The van der Waals surface area contributed by atoms with Gasteiger partial charge in [0.1, 0.15) is 0 Å². The topological polar surface area (TPSA) is 40.5 Å². The second-order valence-corrected chi connectivity index (χ2v) is 11.0. The van der Waals surface area contributed by atoms with E-state index in [-0.39, 0.29) is 0 Å². The predicted octanol–water partition coefficient (Wildman–Crippen LogP) is 6.59. The molecule has 6 atom stereocenters. The van der Waals surface area contributed by atoms with E-state index < -0.39 is 12.2 Å². The fourth-order valence-electron chi connectivity index (χ4n) is 6.73. The highest BCUT2D eigenvalue weighted by Crippen LogP contribution is 2.59. The Kier molecular flexibility index (Phi) is 7.49. The minimum Gasteiger partial charge on any atom is -0.393 e. The van der Waals surface area contributed by atoms with Crippen LogP contribution in [0.25, 0.3) is 0 Å². The third kappa shape index (κ3) is 5.07. The van der Waals surface area contributed by atoms with E-state index >= 15 is 0 Å². The van der Waals surface area contributed by atoms with Crippen LogP contribution in [0, 0.1) is 29.1 Å². The van der Waals surface area contributed by atoms with Crippen molar-refractivity contribution in [2.24, 2.45) is 29.1 Å². The fourth-order valence-corrected chi connectivity index (χ4v) is 6.73. The molecule has 29 heavy (non-hydrogen) atoms. The SMILES string of the molecule is C=C1C(=CC=C2CCC[C@@]3(C)C2CC[C@@H]3[C@H](C)CCCC(C)C)C[C@H](O)C[C@H]1O. The number of hydrogen-bond acceptors (Lipinski definition) is 2. The summed E-state index contributed by atoms with van der Waals surface area (Å²) in [6.07, 6.45) is 15.2. The van der Waals surface area contributed by atoms with Crippen LogP contribution in [-0.2, 0) is 0 Å². The molecule has 1 unspecified atom stereocenters. The molecule has 0 aromatic rings. The molecule has 0 spiro atoms. The summed E-state index contributed by atoms with van der Waals surface area (Å²) in [7, 11) is 0. The van der Waals surface area contributed by atoms with Gasteiger partial charge in [-0.3, -0.25) is 0 Å². The molecule has 0 saturated heterocycles. The van der Waals surface area contributed by atoms with E-state index in [0.717, 1.165) is 28.9 Å². The van der Waals surface area contributed by atoms with Crippen LogP contribution in [0.15, 0.2) is 35.5 Å². The summed E-state index contributed by atoms with van der Waals surface area (Å²) in [4.78, 5) is 0. The lowest BCUT2D eigenvalue weighted by molar-refractivity contribution is 0.0861. The normalized spacial score (nSPS) is 39.3. The molecule has 3 saturated carbocycles. The van der Waals surface area contributed by atoms with Crippen LogP contribution in [0.5, 0.6) is 0 Å². The van der Waals surface area contributed by atoms with Crippen molar-refractivity contribution in [2.45, 2.75) is 104 Å². The van der Waals surface area contributed by atoms with Gasteiger partial charge in [-0.25, -0.2) is 0 Å². The van der Waals surface area contributed by atoms with Crippen LogP contribution in [0.4, 0.5) is 0 Å². The van der Waals surface area contributed by atoms with Gasteiger partial charge in [0.05, 0.1) is 12.2 Å². The lowest BCUT2D eigenvalue weighted by Gasteiger charge is -2.44. The smallest absolute Gasteiger partial charge is 0.0811 e. The maximum absolute atomic E-state index is 10.1. The van der Waals surface area contributed by atoms with Crippen molar-refractivity contribution in [1.29, 1.82) is 0 Å². The maximum Gasteiger partial charge on any atom is 0.0811 e. The minimum atomic E-state index is -0.595. The third-order valence-corrected chi connectivity index (χ3v) is 8.43. The highest BCUT2D eigenvalue weighted by atomic mass is 16.3. The van der Waals surface area contributed by atoms with Crippen molar-refractivity contribution in [3.8, 4) is 0 Å².